The number of carbonyl (C=O) groups excluding carboxylic acids is 1. The molecule has 80 valence electrons. The average molecular weight is 214 g/mol. The lowest BCUT2D eigenvalue weighted by Crippen LogP contribution is -1.99. The van der Waals surface area contributed by atoms with E-state index in [1.165, 1.54) is 0 Å². The predicted molar refractivity (Wildman–Crippen MR) is 47.9 cm³/mol. The van der Waals surface area contributed by atoms with Gasteiger partial charge in [0.2, 0.25) is 0 Å². The van der Waals surface area contributed by atoms with Crippen LogP contribution in [0, 0.1) is 17.5 Å². The van der Waals surface area contributed by atoms with Gasteiger partial charge in [0, 0.05) is 12.8 Å². The van der Waals surface area contributed by atoms with Crippen molar-refractivity contribution in [3.8, 4) is 0 Å². The third-order valence-corrected chi connectivity index (χ3v) is 2.72. The van der Waals surface area contributed by atoms with E-state index in [4.69, 9.17) is 0 Å². The first kappa shape index (κ1) is 10.2. The Morgan fingerprint density at radius 1 is 1.13 bits per heavy atom. The van der Waals surface area contributed by atoms with Crippen molar-refractivity contribution >= 4 is 5.78 Å². The average Bonchev–Trinajstić information content (AvgIpc) is 2.60. The molecule has 15 heavy (non-hydrogen) atoms. The summed E-state index contributed by atoms with van der Waals surface area (Å²) in [6, 6.07) is 1.95. The van der Waals surface area contributed by atoms with Crippen molar-refractivity contribution in [2.75, 3.05) is 0 Å². The molecule has 0 saturated heterocycles. The molecule has 1 aliphatic carbocycles. The van der Waals surface area contributed by atoms with E-state index in [0.29, 0.717) is 24.8 Å². The van der Waals surface area contributed by atoms with Crippen LogP contribution in [0.1, 0.15) is 30.7 Å². The Balaban J connectivity index is 2.33. The number of Topliss-reactive ketones (excluding diaryl/α,β-unsaturated/α-hetero) is 1. The first-order valence-corrected chi connectivity index (χ1v) is 4.74. The lowest BCUT2D eigenvalue weighted by Gasteiger charge is -2.09. The summed E-state index contributed by atoms with van der Waals surface area (Å²) in [6.45, 7) is 0. The molecule has 1 unspecified atom stereocenters. The molecule has 1 aliphatic rings. The minimum Gasteiger partial charge on any atom is -0.300 e. The SMILES string of the molecule is O=C1CCC(c2cc(F)c(F)c(F)c2)C1. The third kappa shape index (κ3) is 1.89. The molecular weight excluding hydrogens is 205 g/mol. The largest absolute Gasteiger partial charge is 0.300 e. The van der Waals surface area contributed by atoms with Gasteiger partial charge in [-0.15, -0.1) is 0 Å². The second-order valence-electron chi connectivity index (χ2n) is 3.78. The van der Waals surface area contributed by atoms with Crippen molar-refractivity contribution in [3.63, 3.8) is 0 Å². The van der Waals surface area contributed by atoms with Gasteiger partial charge in [0.15, 0.2) is 17.5 Å². The molecule has 1 fully saturated rings. The highest BCUT2D eigenvalue weighted by Gasteiger charge is 2.25. The first-order chi connectivity index (χ1) is 7.08. The molecule has 0 amide bonds. The van der Waals surface area contributed by atoms with Gasteiger partial charge in [-0.05, 0) is 30.0 Å². The van der Waals surface area contributed by atoms with Crippen molar-refractivity contribution in [3.05, 3.63) is 35.1 Å². The van der Waals surface area contributed by atoms with Gasteiger partial charge in [-0.25, -0.2) is 13.2 Å². The maximum Gasteiger partial charge on any atom is 0.194 e. The predicted octanol–water partition coefficient (Wildman–Crippen LogP) is 2.94. The maximum absolute atomic E-state index is 12.9. The molecule has 0 heterocycles. The van der Waals surface area contributed by atoms with Crippen LogP contribution in [0.15, 0.2) is 12.1 Å². The van der Waals surface area contributed by atoms with Gasteiger partial charge in [-0.1, -0.05) is 0 Å². The molecule has 1 atom stereocenters. The van der Waals surface area contributed by atoms with Gasteiger partial charge in [-0.3, -0.25) is 4.79 Å². The summed E-state index contributed by atoms with van der Waals surface area (Å²) in [7, 11) is 0. The molecular formula is C11H9F3O. The zero-order valence-corrected chi connectivity index (χ0v) is 7.90. The number of hydrogen-bond donors (Lipinski definition) is 0. The first-order valence-electron chi connectivity index (χ1n) is 4.74. The van der Waals surface area contributed by atoms with E-state index in [0.717, 1.165) is 12.1 Å². The fourth-order valence-corrected chi connectivity index (χ4v) is 1.91. The molecule has 4 heteroatoms. The zero-order chi connectivity index (χ0) is 11.0. The molecule has 0 bridgehead atoms. The van der Waals surface area contributed by atoms with Gasteiger partial charge in [0.05, 0.1) is 0 Å². The molecule has 1 aromatic rings. The van der Waals surface area contributed by atoms with E-state index < -0.39 is 17.5 Å². The highest BCUT2D eigenvalue weighted by Crippen LogP contribution is 2.33. The van der Waals surface area contributed by atoms with Crippen LogP contribution >= 0.6 is 0 Å². The van der Waals surface area contributed by atoms with E-state index in [1.54, 1.807) is 0 Å². The highest BCUT2D eigenvalue weighted by molar-refractivity contribution is 5.81. The Morgan fingerprint density at radius 2 is 1.73 bits per heavy atom. The van der Waals surface area contributed by atoms with Gasteiger partial charge in [0.25, 0.3) is 0 Å². The lowest BCUT2D eigenvalue weighted by molar-refractivity contribution is -0.117. The summed E-state index contributed by atoms with van der Waals surface area (Å²) in [5.41, 5.74) is 0.372. The Labute approximate surface area is 84.9 Å². The van der Waals surface area contributed by atoms with E-state index in [9.17, 15) is 18.0 Å². The molecule has 1 aromatic carbocycles. The van der Waals surface area contributed by atoms with Crippen LogP contribution in [-0.2, 0) is 4.79 Å². The fraction of sp³-hybridized carbons (Fsp3) is 0.364. The lowest BCUT2D eigenvalue weighted by atomic mass is 9.97. The van der Waals surface area contributed by atoms with E-state index >= 15 is 0 Å². The summed E-state index contributed by atoms with van der Waals surface area (Å²) in [6.07, 6.45) is 1.32. The van der Waals surface area contributed by atoms with E-state index in [2.05, 4.69) is 0 Å². The van der Waals surface area contributed by atoms with Crippen LogP contribution in [0.25, 0.3) is 0 Å². The highest BCUT2D eigenvalue weighted by atomic mass is 19.2. The van der Waals surface area contributed by atoms with Gasteiger partial charge >= 0.3 is 0 Å². The Bertz CT molecular complexity index is 391. The second kappa shape index (κ2) is 3.68. The number of hydrogen-bond acceptors (Lipinski definition) is 1. The smallest absolute Gasteiger partial charge is 0.194 e. The van der Waals surface area contributed by atoms with Gasteiger partial charge in [-0.2, -0.15) is 0 Å². The number of rotatable bonds is 1. The molecule has 0 aromatic heterocycles. The summed E-state index contributed by atoms with van der Waals surface area (Å²) in [5.74, 6) is -3.91. The minimum absolute atomic E-state index is 0.0881. The number of carbonyl (C=O) groups is 1. The summed E-state index contributed by atoms with van der Waals surface area (Å²) >= 11 is 0. The van der Waals surface area contributed by atoms with Crippen LogP contribution in [0.2, 0.25) is 0 Å². The molecule has 0 spiro atoms. The number of halogens is 3. The van der Waals surface area contributed by atoms with Gasteiger partial charge < -0.3 is 0 Å². The standard InChI is InChI=1S/C11H9F3O/c12-9-4-7(5-10(13)11(9)14)6-1-2-8(15)3-6/h4-6H,1-3H2. The maximum atomic E-state index is 12.9. The topological polar surface area (TPSA) is 17.1 Å². The Morgan fingerprint density at radius 3 is 2.20 bits per heavy atom. The van der Waals surface area contributed by atoms with Crippen molar-refractivity contribution in [1.82, 2.24) is 0 Å². The quantitative estimate of drug-likeness (QED) is 0.657. The normalized spacial score (nSPS) is 21.0. The monoisotopic (exact) mass is 214 g/mol. The van der Waals surface area contributed by atoms with Crippen LogP contribution < -0.4 is 0 Å². The molecule has 1 saturated carbocycles. The van der Waals surface area contributed by atoms with E-state index in [-0.39, 0.29) is 11.7 Å². The molecule has 1 nitrogen and oxygen atoms in total. The Kier molecular flexibility index (Phi) is 2.50. The van der Waals surface area contributed by atoms with Crippen molar-refractivity contribution in [2.45, 2.75) is 25.2 Å². The molecule has 2 rings (SSSR count). The summed E-state index contributed by atoms with van der Waals surface area (Å²) in [5, 5.41) is 0. The van der Waals surface area contributed by atoms with Crippen LogP contribution in [0.3, 0.4) is 0 Å². The molecule has 0 N–H and O–H groups in total. The number of benzene rings is 1. The third-order valence-electron chi connectivity index (χ3n) is 2.72. The summed E-state index contributed by atoms with van der Waals surface area (Å²) in [4.78, 5) is 11.0. The van der Waals surface area contributed by atoms with Gasteiger partial charge in [0.1, 0.15) is 5.78 Å². The molecule has 0 aliphatic heterocycles. The summed E-state index contributed by atoms with van der Waals surface area (Å²) < 4.78 is 38.4. The second-order valence-corrected chi connectivity index (χ2v) is 3.78. The van der Waals surface area contributed by atoms with Crippen molar-refractivity contribution in [1.29, 1.82) is 0 Å². The van der Waals surface area contributed by atoms with Crippen LogP contribution in [-0.4, -0.2) is 5.78 Å². The zero-order valence-electron chi connectivity index (χ0n) is 7.90. The Hall–Kier alpha value is -1.32. The van der Waals surface area contributed by atoms with Crippen molar-refractivity contribution in [2.24, 2.45) is 0 Å². The number of ketones is 1. The van der Waals surface area contributed by atoms with Crippen molar-refractivity contribution < 1.29 is 18.0 Å². The molecule has 0 radical (unpaired) electrons. The minimum atomic E-state index is -1.46. The van der Waals surface area contributed by atoms with Crippen LogP contribution in [0.5, 0.6) is 0 Å². The fourth-order valence-electron chi connectivity index (χ4n) is 1.91. The van der Waals surface area contributed by atoms with Crippen LogP contribution in [0.4, 0.5) is 13.2 Å². The van der Waals surface area contributed by atoms with E-state index in [1.807, 2.05) is 0 Å².